The maximum absolute atomic E-state index is 6.18. The molecule has 30 heavy (non-hydrogen) atoms. The van der Waals surface area contributed by atoms with Crippen LogP contribution in [-0.4, -0.2) is 18.3 Å². The van der Waals surface area contributed by atoms with Crippen LogP contribution in [0.2, 0.25) is 0 Å². The fraction of sp³-hybridized carbons (Fsp3) is 0.846. The fourth-order valence-electron chi connectivity index (χ4n) is 4.11. The Kier molecular flexibility index (Phi) is 11.5. The highest BCUT2D eigenvalue weighted by molar-refractivity contribution is 7.22. The van der Waals surface area contributed by atoms with Gasteiger partial charge in [0, 0.05) is 9.65 Å². The molecule has 0 amide bonds. The van der Waals surface area contributed by atoms with Gasteiger partial charge in [-0.05, 0) is 46.6 Å². The third kappa shape index (κ3) is 8.67. The summed E-state index contributed by atoms with van der Waals surface area (Å²) in [6, 6.07) is 4.47. The van der Waals surface area contributed by atoms with E-state index in [2.05, 4.69) is 46.8 Å². The second kappa shape index (κ2) is 13.3. The molecule has 1 aliphatic heterocycles. The van der Waals surface area contributed by atoms with Gasteiger partial charge in [-0.15, -0.1) is 11.3 Å². The van der Waals surface area contributed by atoms with Crippen LogP contribution in [0.1, 0.15) is 129 Å². The first kappa shape index (κ1) is 25.9. The minimum Gasteiger partial charge on any atom is -0.399 e. The molecule has 2 rings (SSSR count). The maximum Gasteiger partial charge on any atom is 0.505 e. The molecule has 172 valence electrons. The number of hydrogen-bond donors (Lipinski definition) is 0. The standard InChI is InChI=1S/C26H47BO2S/c1-6-7-8-9-10-11-12-13-14-15-16-17-18-19-20-23-21-22-24(30-23)27-28-25(2,3)26(4,5)29-27/h21-22H,6-20H2,1-5H3. The molecule has 0 saturated carbocycles. The average molecular weight is 435 g/mol. The minimum atomic E-state index is -0.254. The van der Waals surface area contributed by atoms with Gasteiger partial charge in [0.05, 0.1) is 11.2 Å². The Morgan fingerprint density at radius 3 is 1.57 bits per heavy atom. The molecule has 1 saturated heterocycles. The van der Waals surface area contributed by atoms with E-state index < -0.39 is 0 Å². The van der Waals surface area contributed by atoms with E-state index in [1.807, 2.05) is 11.3 Å². The molecule has 0 radical (unpaired) electrons. The van der Waals surface area contributed by atoms with E-state index >= 15 is 0 Å². The van der Waals surface area contributed by atoms with E-state index in [9.17, 15) is 0 Å². The van der Waals surface area contributed by atoms with Crippen LogP contribution in [0.15, 0.2) is 12.1 Å². The van der Waals surface area contributed by atoms with Gasteiger partial charge in [-0.3, -0.25) is 0 Å². The van der Waals surface area contributed by atoms with Gasteiger partial charge in [0.15, 0.2) is 0 Å². The van der Waals surface area contributed by atoms with Gasteiger partial charge >= 0.3 is 7.12 Å². The number of aryl methyl sites for hydroxylation is 1. The second-order valence-electron chi connectivity index (χ2n) is 10.2. The topological polar surface area (TPSA) is 18.5 Å². The molecule has 1 fully saturated rings. The van der Waals surface area contributed by atoms with Gasteiger partial charge in [0.2, 0.25) is 0 Å². The Labute approximate surface area is 191 Å². The number of thiophene rings is 1. The van der Waals surface area contributed by atoms with Crippen LogP contribution in [0.4, 0.5) is 0 Å². The zero-order valence-corrected chi connectivity index (χ0v) is 21.4. The van der Waals surface area contributed by atoms with Crippen LogP contribution in [0.3, 0.4) is 0 Å². The fourth-order valence-corrected chi connectivity index (χ4v) is 5.12. The van der Waals surface area contributed by atoms with E-state index in [0.717, 1.165) is 0 Å². The zero-order valence-electron chi connectivity index (χ0n) is 20.6. The lowest BCUT2D eigenvalue weighted by Crippen LogP contribution is -2.41. The van der Waals surface area contributed by atoms with Crippen LogP contribution >= 0.6 is 11.3 Å². The van der Waals surface area contributed by atoms with Crippen molar-refractivity contribution >= 4 is 23.2 Å². The van der Waals surface area contributed by atoms with Gasteiger partial charge in [-0.25, -0.2) is 0 Å². The lowest BCUT2D eigenvalue weighted by molar-refractivity contribution is 0.00578. The van der Waals surface area contributed by atoms with Gasteiger partial charge in [-0.1, -0.05) is 96.5 Å². The summed E-state index contributed by atoms with van der Waals surface area (Å²) in [5, 5.41) is 0. The Morgan fingerprint density at radius 2 is 1.10 bits per heavy atom. The number of rotatable bonds is 16. The lowest BCUT2D eigenvalue weighted by atomic mass is 9.88. The van der Waals surface area contributed by atoms with Crippen LogP contribution < -0.4 is 4.78 Å². The molecule has 0 aromatic carbocycles. The molecule has 0 bridgehead atoms. The summed E-state index contributed by atoms with van der Waals surface area (Å²) in [4.78, 5) is 1.47. The second-order valence-corrected chi connectivity index (χ2v) is 11.4. The first-order chi connectivity index (χ1) is 14.4. The smallest absolute Gasteiger partial charge is 0.399 e. The van der Waals surface area contributed by atoms with E-state index in [4.69, 9.17) is 9.31 Å². The van der Waals surface area contributed by atoms with Crippen molar-refractivity contribution in [1.82, 2.24) is 0 Å². The molecule has 0 aliphatic carbocycles. The molecule has 0 unspecified atom stereocenters. The van der Waals surface area contributed by atoms with E-state index in [1.54, 1.807) is 0 Å². The van der Waals surface area contributed by atoms with Gasteiger partial charge < -0.3 is 9.31 Å². The Balaban J connectivity index is 1.46. The summed E-state index contributed by atoms with van der Waals surface area (Å²) >= 11 is 1.87. The molecular formula is C26H47BO2S. The maximum atomic E-state index is 6.18. The highest BCUT2D eigenvalue weighted by atomic mass is 32.1. The van der Waals surface area contributed by atoms with Crippen molar-refractivity contribution in [3.8, 4) is 0 Å². The largest absolute Gasteiger partial charge is 0.505 e. The summed E-state index contributed by atoms with van der Waals surface area (Å²) in [7, 11) is -0.204. The van der Waals surface area contributed by atoms with E-state index in [1.165, 1.54) is 106 Å². The molecule has 1 aliphatic rings. The first-order valence-corrected chi connectivity index (χ1v) is 13.6. The third-order valence-corrected chi connectivity index (χ3v) is 8.11. The summed E-state index contributed by atoms with van der Waals surface area (Å²) < 4.78 is 13.6. The van der Waals surface area contributed by atoms with Crippen molar-refractivity contribution in [3.63, 3.8) is 0 Å². The molecular weight excluding hydrogens is 387 g/mol. The molecule has 1 aromatic rings. The van der Waals surface area contributed by atoms with Crippen molar-refractivity contribution in [3.05, 3.63) is 17.0 Å². The van der Waals surface area contributed by atoms with Crippen LogP contribution in [-0.2, 0) is 15.7 Å². The molecule has 0 N–H and O–H groups in total. The van der Waals surface area contributed by atoms with Crippen molar-refractivity contribution in [2.24, 2.45) is 0 Å². The molecule has 0 atom stereocenters. The molecule has 2 nitrogen and oxygen atoms in total. The van der Waals surface area contributed by atoms with Crippen molar-refractivity contribution in [2.75, 3.05) is 0 Å². The van der Waals surface area contributed by atoms with Gasteiger partial charge in [-0.2, -0.15) is 0 Å². The highest BCUT2D eigenvalue weighted by Gasteiger charge is 2.52. The number of hydrogen-bond acceptors (Lipinski definition) is 3. The van der Waals surface area contributed by atoms with Crippen LogP contribution in [0, 0.1) is 0 Å². The van der Waals surface area contributed by atoms with Crippen molar-refractivity contribution in [2.45, 2.75) is 142 Å². The predicted octanol–water partition coefficient (Wildman–Crippen LogP) is 8.07. The third-order valence-electron chi connectivity index (χ3n) is 6.94. The average Bonchev–Trinajstić information content (AvgIpc) is 3.24. The molecule has 1 aromatic heterocycles. The first-order valence-electron chi connectivity index (χ1n) is 12.8. The lowest BCUT2D eigenvalue weighted by Gasteiger charge is -2.32. The van der Waals surface area contributed by atoms with Gasteiger partial charge in [0.1, 0.15) is 0 Å². The number of unbranched alkanes of at least 4 members (excludes halogenated alkanes) is 13. The zero-order chi connectivity index (χ0) is 21.9. The summed E-state index contributed by atoms with van der Waals surface area (Å²) in [5.41, 5.74) is -0.507. The van der Waals surface area contributed by atoms with Crippen LogP contribution in [0.25, 0.3) is 0 Å². The highest BCUT2D eigenvalue weighted by Crippen LogP contribution is 2.37. The summed E-state index contributed by atoms with van der Waals surface area (Å²) in [5.74, 6) is 0. The monoisotopic (exact) mass is 434 g/mol. The van der Waals surface area contributed by atoms with Crippen molar-refractivity contribution < 1.29 is 9.31 Å². The molecule has 2 heterocycles. The summed E-state index contributed by atoms with van der Waals surface area (Å²) in [6.07, 6.45) is 21.0. The Hall–Kier alpha value is -0.315. The Bertz CT molecular complexity index is 565. The van der Waals surface area contributed by atoms with Crippen LogP contribution in [0.5, 0.6) is 0 Å². The predicted molar refractivity (Wildman–Crippen MR) is 134 cm³/mol. The van der Waals surface area contributed by atoms with E-state index in [-0.39, 0.29) is 18.3 Å². The SMILES string of the molecule is CCCCCCCCCCCCCCCCc1ccc(B2OC(C)(C)C(C)(C)O2)s1. The van der Waals surface area contributed by atoms with Gasteiger partial charge in [0.25, 0.3) is 0 Å². The molecule has 0 spiro atoms. The summed E-state index contributed by atoms with van der Waals surface area (Å²) in [6.45, 7) is 10.8. The Morgan fingerprint density at radius 1 is 0.667 bits per heavy atom. The minimum absolute atomic E-state index is 0.204. The van der Waals surface area contributed by atoms with Crippen molar-refractivity contribution in [1.29, 1.82) is 0 Å². The normalized spacial score (nSPS) is 17.7. The molecule has 4 heteroatoms. The van der Waals surface area contributed by atoms with E-state index in [0.29, 0.717) is 0 Å². The quantitative estimate of drug-likeness (QED) is 0.193.